The van der Waals surface area contributed by atoms with Gasteiger partial charge in [-0.1, -0.05) is 12.1 Å². The SMILES string of the molecule is O=C(O)c1cccc(-c2nc3ccc(Br)cn3n2)c1. The van der Waals surface area contributed by atoms with Gasteiger partial charge in [0.25, 0.3) is 0 Å². The van der Waals surface area contributed by atoms with Crippen LogP contribution in [0.1, 0.15) is 10.4 Å². The van der Waals surface area contributed by atoms with Crippen LogP contribution in [0.25, 0.3) is 17.0 Å². The van der Waals surface area contributed by atoms with E-state index in [0.29, 0.717) is 17.0 Å². The van der Waals surface area contributed by atoms with Crippen molar-refractivity contribution >= 4 is 27.5 Å². The predicted octanol–water partition coefficient (Wildman–Crippen LogP) is 2.86. The maximum Gasteiger partial charge on any atom is 0.335 e. The molecule has 0 bridgehead atoms. The molecule has 0 aliphatic carbocycles. The summed E-state index contributed by atoms with van der Waals surface area (Å²) in [7, 11) is 0. The molecule has 0 saturated heterocycles. The summed E-state index contributed by atoms with van der Waals surface area (Å²) in [6.45, 7) is 0. The minimum absolute atomic E-state index is 0.220. The molecule has 5 nitrogen and oxygen atoms in total. The molecule has 6 heteroatoms. The summed E-state index contributed by atoms with van der Waals surface area (Å²) >= 11 is 3.36. The maximum absolute atomic E-state index is 10.9. The first kappa shape index (κ1) is 11.9. The summed E-state index contributed by atoms with van der Waals surface area (Å²) in [4.78, 5) is 15.3. The summed E-state index contributed by atoms with van der Waals surface area (Å²) in [6, 6.07) is 10.3. The van der Waals surface area contributed by atoms with E-state index in [4.69, 9.17) is 5.11 Å². The summed E-state index contributed by atoms with van der Waals surface area (Å²) < 4.78 is 2.54. The first-order valence-corrected chi connectivity index (χ1v) is 6.28. The number of carbonyl (C=O) groups is 1. The van der Waals surface area contributed by atoms with E-state index in [1.807, 2.05) is 12.1 Å². The normalized spacial score (nSPS) is 10.8. The highest BCUT2D eigenvalue weighted by molar-refractivity contribution is 9.10. The van der Waals surface area contributed by atoms with E-state index >= 15 is 0 Å². The molecule has 19 heavy (non-hydrogen) atoms. The van der Waals surface area contributed by atoms with Crippen molar-refractivity contribution in [1.82, 2.24) is 14.6 Å². The fourth-order valence-corrected chi connectivity index (χ4v) is 2.10. The summed E-state index contributed by atoms with van der Waals surface area (Å²) in [5, 5.41) is 13.3. The lowest BCUT2D eigenvalue weighted by molar-refractivity contribution is 0.0697. The first-order chi connectivity index (χ1) is 9.13. The van der Waals surface area contributed by atoms with Gasteiger partial charge in [0.05, 0.1) is 5.56 Å². The summed E-state index contributed by atoms with van der Waals surface area (Å²) in [5.41, 5.74) is 1.61. The monoisotopic (exact) mass is 317 g/mol. The van der Waals surface area contributed by atoms with Gasteiger partial charge in [0.1, 0.15) is 0 Å². The van der Waals surface area contributed by atoms with Crippen LogP contribution in [0.2, 0.25) is 0 Å². The van der Waals surface area contributed by atoms with Gasteiger partial charge < -0.3 is 5.11 Å². The number of pyridine rings is 1. The Morgan fingerprint density at radius 2 is 2.11 bits per heavy atom. The molecule has 0 unspecified atom stereocenters. The Hall–Kier alpha value is -2.21. The second-order valence-electron chi connectivity index (χ2n) is 3.97. The second-order valence-corrected chi connectivity index (χ2v) is 4.89. The third kappa shape index (κ3) is 2.22. The van der Waals surface area contributed by atoms with Gasteiger partial charge in [-0.05, 0) is 40.2 Å². The minimum atomic E-state index is -0.964. The van der Waals surface area contributed by atoms with Crippen molar-refractivity contribution in [3.63, 3.8) is 0 Å². The molecule has 1 aromatic carbocycles. The zero-order valence-corrected chi connectivity index (χ0v) is 11.2. The molecule has 0 radical (unpaired) electrons. The van der Waals surface area contributed by atoms with Crippen LogP contribution >= 0.6 is 15.9 Å². The number of rotatable bonds is 2. The Morgan fingerprint density at radius 3 is 2.89 bits per heavy atom. The molecule has 0 spiro atoms. The molecule has 2 aromatic heterocycles. The van der Waals surface area contributed by atoms with Crippen LogP contribution in [0.3, 0.4) is 0 Å². The Labute approximate surface area is 116 Å². The van der Waals surface area contributed by atoms with Crippen molar-refractivity contribution in [3.05, 3.63) is 52.6 Å². The summed E-state index contributed by atoms with van der Waals surface area (Å²) in [5.74, 6) is -0.463. The highest BCUT2D eigenvalue weighted by Crippen LogP contribution is 2.19. The molecular formula is C13H8BrN3O2. The topological polar surface area (TPSA) is 67.5 Å². The van der Waals surface area contributed by atoms with Gasteiger partial charge in [0.15, 0.2) is 11.5 Å². The van der Waals surface area contributed by atoms with Gasteiger partial charge in [-0.2, -0.15) is 0 Å². The smallest absolute Gasteiger partial charge is 0.335 e. The van der Waals surface area contributed by atoms with Gasteiger partial charge >= 0.3 is 5.97 Å². The van der Waals surface area contributed by atoms with Crippen molar-refractivity contribution < 1.29 is 9.90 Å². The fourth-order valence-electron chi connectivity index (χ4n) is 1.77. The number of nitrogens with zero attached hydrogens (tertiary/aromatic N) is 3. The van der Waals surface area contributed by atoms with Crippen molar-refractivity contribution in [1.29, 1.82) is 0 Å². The molecule has 2 heterocycles. The molecule has 0 amide bonds. The van der Waals surface area contributed by atoms with Crippen LogP contribution in [-0.2, 0) is 0 Å². The lowest BCUT2D eigenvalue weighted by atomic mass is 10.1. The van der Waals surface area contributed by atoms with E-state index in [1.54, 1.807) is 28.9 Å². The largest absolute Gasteiger partial charge is 0.478 e. The number of benzene rings is 1. The van der Waals surface area contributed by atoms with Crippen molar-refractivity contribution in [2.75, 3.05) is 0 Å². The van der Waals surface area contributed by atoms with E-state index in [-0.39, 0.29) is 5.56 Å². The third-order valence-corrected chi connectivity index (χ3v) is 3.13. The highest BCUT2D eigenvalue weighted by atomic mass is 79.9. The number of carboxylic acid groups (broad SMARTS) is 1. The average molecular weight is 318 g/mol. The Bertz CT molecular complexity index is 782. The molecule has 1 N–H and O–H groups in total. The number of hydrogen-bond acceptors (Lipinski definition) is 3. The van der Waals surface area contributed by atoms with Gasteiger partial charge in [0.2, 0.25) is 0 Å². The predicted molar refractivity (Wildman–Crippen MR) is 73.1 cm³/mol. The van der Waals surface area contributed by atoms with Crippen LogP contribution in [0, 0.1) is 0 Å². The van der Waals surface area contributed by atoms with E-state index in [0.717, 1.165) is 4.47 Å². The number of halogens is 1. The van der Waals surface area contributed by atoms with Crippen molar-refractivity contribution in [3.8, 4) is 11.4 Å². The van der Waals surface area contributed by atoms with Gasteiger partial charge in [-0.25, -0.2) is 14.3 Å². The molecule has 3 rings (SSSR count). The lowest BCUT2D eigenvalue weighted by Gasteiger charge is -1.97. The van der Waals surface area contributed by atoms with Crippen LogP contribution in [0.5, 0.6) is 0 Å². The molecule has 0 atom stereocenters. The zero-order valence-electron chi connectivity index (χ0n) is 9.62. The highest BCUT2D eigenvalue weighted by Gasteiger charge is 2.09. The molecule has 0 fully saturated rings. The number of fused-ring (bicyclic) bond motifs is 1. The number of aromatic carboxylic acids is 1. The van der Waals surface area contributed by atoms with E-state index < -0.39 is 5.97 Å². The Balaban J connectivity index is 2.13. The van der Waals surface area contributed by atoms with Crippen LogP contribution in [-0.4, -0.2) is 25.7 Å². The second kappa shape index (κ2) is 4.47. The molecule has 94 valence electrons. The molecule has 0 saturated carbocycles. The van der Waals surface area contributed by atoms with E-state index in [9.17, 15) is 4.79 Å². The third-order valence-electron chi connectivity index (χ3n) is 2.66. The standard InChI is InChI=1S/C13H8BrN3O2/c14-10-4-5-11-15-12(16-17(11)7-10)8-2-1-3-9(6-8)13(18)19/h1-7H,(H,18,19). The number of hydrogen-bond donors (Lipinski definition) is 1. The van der Waals surface area contributed by atoms with Crippen LogP contribution < -0.4 is 0 Å². The number of aromatic nitrogens is 3. The molecule has 3 aromatic rings. The van der Waals surface area contributed by atoms with Crippen LogP contribution in [0.15, 0.2) is 47.1 Å². The Morgan fingerprint density at radius 1 is 1.26 bits per heavy atom. The average Bonchev–Trinajstić information content (AvgIpc) is 2.81. The van der Waals surface area contributed by atoms with E-state index in [1.165, 1.54) is 6.07 Å². The van der Waals surface area contributed by atoms with Gasteiger partial charge in [-0.15, -0.1) is 5.10 Å². The summed E-state index contributed by atoms with van der Waals surface area (Å²) in [6.07, 6.45) is 1.80. The molecule has 0 aliphatic heterocycles. The van der Waals surface area contributed by atoms with Crippen molar-refractivity contribution in [2.24, 2.45) is 0 Å². The van der Waals surface area contributed by atoms with Crippen LogP contribution in [0.4, 0.5) is 0 Å². The zero-order chi connectivity index (χ0) is 13.4. The minimum Gasteiger partial charge on any atom is -0.478 e. The fraction of sp³-hybridized carbons (Fsp3) is 0. The number of carboxylic acids is 1. The maximum atomic E-state index is 10.9. The quantitative estimate of drug-likeness (QED) is 0.789. The van der Waals surface area contributed by atoms with E-state index in [2.05, 4.69) is 26.0 Å². The molecule has 0 aliphatic rings. The Kier molecular flexibility index (Phi) is 2.79. The van der Waals surface area contributed by atoms with Crippen molar-refractivity contribution in [2.45, 2.75) is 0 Å². The molecular weight excluding hydrogens is 310 g/mol. The van der Waals surface area contributed by atoms with Gasteiger partial charge in [0, 0.05) is 16.2 Å². The lowest BCUT2D eigenvalue weighted by Crippen LogP contribution is -1.96. The first-order valence-electron chi connectivity index (χ1n) is 5.49. The van der Waals surface area contributed by atoms with Gasteiger partial charge in [-0.3, -0.25) is 0 Å².